The number of hydrogen-bond donors (Lipinski definition) is 1. The van der Waals surface area contributed by atoms with Crippen LogP contribution in [0.1, 0.15) is 29.5 Å². The number of fused-ring (bicyclic) bond motifs is 3. The fourth-order valence-corrected chi connectivity index (χ4v) is 9.82. The van der Waals surface area contributed by atoms with Gasteiger partial charge in [0, 0.05) is 16.7 Å². The summed E-state index contributed by atoms with van der Waals surface area (Å²) in [4.78, 5) is -0.183. The van der Waals surface area contributed by atoms with Gasteiger partial charge in [-0.25, -0.2) is 0 Å². The Morgan fingerprint density at radius 1 is 0.549 bits per heavy atom. The first kappa shape index (κ1) is 32.9. The normalized spacial score (nSPS) is 13.3. The third-order valence-electron chi connectivity index (χ3n) is 9.82. The molecule has 8 rings (SSSR count). The van der Waals surface area contributed by atoms with Crippen molar-refractivity contribution in [2.45, 2.75) is 42.4 Å². The fourth-order valence-electron chi connectivity index (χ4n) is 7.54. The standard InChI is InChI=1S/C43H34O6S2/c1-28-25-41(50(44,45)46)37-21-9-10-22-38(37)42(28)49-51(47,48)43-39(31-13-3-2-4-14-31)26-32(35-23-11-17-29-15-5-7-19-33(29)35)27-40(43)36-24-12-18-30-16-6-8-20-34(30)36/h2-8,11-20,23-27H,9-10,21-22H2,1H3,(H,44,45,46). The first-order valence-electron chi connectivity index (χ1n) is 16.9. The van der Waals surface area contributed by atoms with Crippen molar-refractivity contribution < 1.29 is 25.6 Å². The molecule has 1 aliphatic rings. The zero-order valence-corrected chi connectivity index (χ0v) is 29.5. The summed E-state index contributed by atoms with van der Waals surface area (Å²) in [6.07, 6.45) is 2.25. The van der Waals surface area contributed by atoms with Crippen LogP contribution in [0, 0.1) is 6.92 Å². The third kappa shape index (κ3) is 5.99. The summed E-state index contributed by atoms with van der Waals surface area (Å²) >= 11 is 0. The molecule has 0 saturated carbocycles. The Bertz CT molecular complexity index is 2710. The predicted molar refractivity (Wildman–Crippen MR) is 203 cm³/mol. The molecule has 7 aromatic carbocycles. The zero-order valence-electron chi connectivity index (χ0n) is 27.8. The SMILES string of the molecule is Cc1cc(S(=O)(=O)O)c2c(c1OS(=O)(=O)c1c(-c3ccccc3)cc(-c3cccc4ccccc34)cc1-c1cccc3ccccc13)CCCC2. The molecule has 0 bridgehead atoms. The van der Waals surface area contributed by atoms with Gasteiger partial charge in [0.1, 0.15) is 10.6 Å². The van der Waals surface area contributed by atoms with Crippen LogP contribution in [0.4, 0.5) is 0 Å². The summed E-state index contributed by atoms with van der Waals surface area (Å²) in [6, 6.07) is 42.6. The molecular formula is C43H34O6S2. The van der Waals surface area contributed by atoms with Crippen molar-refractivity contribution in [1.82, 2.24) is 0 Å². The lowest BCUT2D eigenvalue weighted by atomic mass is 9.89. The highest BCUT2D eigenvalue weighted by Gasteiger charge is 2.32. The Morgan fingerprint density at radius 3 is 1.76 bits per heavy atom. The maximum absolute atomic E-state index is 15.1. The van der Waals surface area contributed by atoms with Crippen LogP contribution in [-0.4, -0.2) is 21.4 Å². The van der Waals surface area contributed by atoms with Crippen molar-refractivity contribution in [1.29, 1.82) is 0 Å². The Balaban J connectivity index is 1.45. The van der Waals surface area contributed by atoms with E-state index in [0.29, 0.717) is 52.6 Å². The van der Waals surface area contributed by atoms with Crippen LogP contribution in [0.5, 0.6) is 5.75 Å². The zero-order chi connectivity index (χ0) is 35.3. The molecule has 0 atom stereocenters. The molecule has 0 aromatic heterocycles. The predicted octanol–water partition coefficient (Wildman–Crippen LogP) is 10.2. The minimum atomic E-state index is -4.60. The number of hydrogen-bond acceptors (Lipinski definition) is 5. The van der Waals surface area contributed by atoms with E-state index in [9.17, 15) is 13.0 Å². The lowest BCUT2D eigenvalue weighted by Crippen LogP contribution is -2.18. The van der Waals surface area contributed by atoms with Crippen molar-refractivity contribution >= 4 is 41.8 Å². The molecule has 0 heterocycles. The topological polar surface area (TPSA) is 97.7 Å². The van der Waals surface area contributed by atoms with Gasteiger partial charge in [-0.15, -0.1) is 0 Å². The van der Waals surface area contributed by atoms with Crippen molar-refractivity contribution in [3.8, 4) is 39.1 Å². The maximum Gasteiger partial charge on any atom is 0.340 e. The van der Waals surface area contributed by atoms with E-state index in [-0.39, 0.29) is 15.5 Å². The largest absolute Gasteiger partial charge is 0.378 e. The molecule has 1 aliphatic carbocycles. The van der Waals surface area contributed by atoms with Crippen LogP contribution in [0.15, 0.2) is 143 Å². The average Bonchev–Trinajstić information content (AvgIpc) is 3.14. The molecule has 0 radical (unpaired) electrons. The van der Waals surface area contributed by atoms with E-state index in [1.165, 1.54) is 6.07 Å². The molecule has 6 nitrogen and oxygen atoms in total. The highest BCUT2D eigenvalue weighted by Crippen LogP contribution is 2.45. The second kappa shape index (κ2) is 12.8. The Morgan fingerprint density at radius 2 is 1.10 bits per heavy atom. The first-order chi connectivity index (χ1) is 24.6. The highest BCUT2D eigenvalue weighted by molar-refractivity contribution is 7.87. The van der Waals surface area contributed by atoms with Gasteiger partial charge in [-0.05, 0) is 106 Å². The minimum Gasteiger partial charge on any atom is -0.378 e. The molecule has 1 N–H and O–H groups in total. The molecular weight excluding hydrogens is 677 g/mol. The van der Waals surface area contributed by atoms with Gasteiger partial charge < -0.3 is 4.18 Å². The molecule has 0 fully saturated rings. The highest BCUT2D eigenvalue weighted by atomic mass is 32.2. The monoisotopic (exact) mass is 710 g/mol. The lowest BCUT2D eigenvalue weighted by Gasteiger charge is -2.25. The van der Waals surface area contributed by atoms with Gasteiger partial charge in [0.05, 0.1) is 4.90 Å². The van der Waals surface area contributed by atoms with E-state index in [1.54, 1.807) is 6.92 Å². The van der Waals surface area contributed by atoms with Gasteiger partial charge in [-0.2, -0.15) is 16.8 Å². The molecule has 0 saturated heterocycles. The van der Waals surface area contributed by atoms with Gasteiger partial charge in [0.15, 0.2) is 0 Å². The van der Waals surface area contributed by atoms with E-state index >= 15 is 8.42 Å². The van der Waals surface area contributed by atoms with Gasteiger partial charge in [0.2, 0.25) is 0 Å². The number of benzene rings is 7. The van der Waals surface area contributed by atoms with Gasteiger partial charge in [0.25, 0.3) is 10.1 Å². The van der Waals surface area contributed by atoms with Crippen molar-refractivity contribution in [2.75, 3.05) is 0 Å². The lowest BCUT2D eigenvalue weighted by molar-refractivity contribution is 0.473. The second-order valence-corrected chi connectivity index (χ2v) is 15.9. The molecule has 8 heteroatoms. The molecule has 254 valence electrons. The fraction of sp³-hybridized carbons (Fsp3) is 0.116. The van der Waals surface area contributed by atoms with Crippen LogP contribution in [0.3, 0.4) is 0 Å². The van der Waals surface area contributed by atoms with E-state index in [4.69, 9.17) is 4.18 Å². The van der Waals surface area contributed by atoms with E-state index < -0.39 is 20.2 Å². The van der Waals surface area contributed by atoms with Crippen LogP contribution >= 0.6 is 0 Å². The number of aryl methyl sites for hydroxylation is 1. The Labute approximate surface area is 297 Å². The Hall–Kier alpha value is -5.28. The third-order valence-corrected chi connectivity index (χ3v) is 12.1. The van der Waals surface area contributed by atoms with Crippen molar-refractivity contribution in [3.63, 3.8) is 0 Å². The van der Waals surface area contributed by atoms with E-state index in [0.717, 1.165) is 44.7 Å². The second-order valence-electron chi connectivity index (χ2n) is 13.0. The van der Waals surface area contributed by atoms with E-state index in [1.807, 2.05) is 103 Å². The summed E-state index contributed by atoms with van der Waals surface area (Å²) < 4.78 is 71.4. The van der Waals surface area contributed by atoms with Gasteiger partial charge in [-0.3, -0.25) is 4.55 Å². The molecule has 0 unspecified atom stereocenters. The molecule has 51 heavy (non-hydrogen) atoms. The quantitative estimate of drug-likeness (QED) is 0.131. The molecule has 0 spiro atoms. The smallest absolute Gasteiger partial charge is 0.340 e. The van der Waals surface area contributed by atoms with Crippen LogP contribution in [-0.2, 0) is 33.1 Å². The van der Waals surface area contributed by atoms with Crippen LogP contribution < -0.4 is 4.18 Å². The summed E-state index contributed by atoms with van der Waals surface area (Å²) in [7, 11) is -9.13. The summed E-state index contributed by atoms with van der Waals surface area (Å²) in [5.41, 5.74) is 5.41. The summed E-state index contributed by atoms with van der Waals surface area (Å²) in [5.74, 6) is 0.109. The van der Waals surface area contributed by atoms with E-state index in [2.05, 4.69) is 24.3 Å². The van der Waals surface area contributed by atoms with Crippen LogP contribution in [0.25, 0.3) is 54.9 Å². The Kier molecular flexibility index (Phi) is 8.26. The summed E-state index contributed by atoms with van der Waals surface area (Å²) in [5, 5.41) is 3.95. The van der Waals surface area contributed by atoms with Crippen LogP contribution in [0.2, 0.25) is 0 Å². The summed E-state index contributed by atoms with van der Waals surface area (Å²) in [6.45, 7) is 1.61. The molecule has 0 amide bonds. The van der Waals surface area contributed by atoms with Gasteiger partial charge in [-0.1, -0.05) is 115 Å². The first-order valence-corrected chi connectivity index (χ1v) is 19.7. The molecule has 7 aromatic rings. The average molecular weight is 711 g/mol. The number of rotatable bonds is 7. The minimum absolute atomic E-state index is 0.0110. The maximum atomic E-state index is 15.1. The van der Waals surface area contributed by atoms with Crippen molar-refractivity contribution in [2.24, 2.45) is 0 Å². The van der Waals surface area contributed by atoms with Gasteiger partial charge >= 0.3 is 10.1 Å². The molecule has 0 aliphatic heterocycles. The van der Waals surface area contributed by atoms with Crippen molar-refractivity contribution in [3.05, 3.63) is 150 Å².